The van der Waals surface area contributed by atoms with Crippen molar-refractivity contribution in [2.24, 2.45) is 0 Å². The Bertz CT molecular complexity index is 74.1. The van der Waals surface area contributed by atoms with Gasteiger partial charge in [0.2, 0.25) is 0 Å². The largest absolute Gasteiger partial charge is 0.103 e. The third kappa shape index (κ3) is 9.74. The van der Waals surface area contributed by atoms with Gasteiger partial charge in [0.05, 0.1) is 0 Å². The quantitative estimate of drug-likeness (QED) is 0.278. The molecule has 0 atom stereocenters. The van der Waals surface area contributed by atoms with E-state index in [2.05, 4.69) is 13.5 Å². The predicted molar refractivity (Wildman–Crippen MR) is 52.8 cm³/mol. The summed E-state index contributed by atoms with van der Waals surface area (Å²) in [5.74, 6) is 0. The fourth-order valence-corrected chi connectivity index (χ4v) is 1.25. The second-order valence-electron chi connectivity index (χ2n) is 3.20. The van der Waals surface area contributed by atoms with Gasteiger partial charge in [-0.3, -0.25) is 0 Å². The minimum atomic E-state index is 1.20. The highest BCUT2D eigenvalue weighted by molar-refractivity contribution is 4.65. The molecule has 0 amide bonds. The fraction of sp³-hybridized carbons (Fsp3) is 0.818. The summed E-state index contributed by atoms with van der Waals surface area (Å²) in [6.07, 6.45) is 13.0. The summed E-state index contributed by atoms with van der Waals surface area (Å²) < 4.78 is 0. The maximum atomic E-state index is 3.71. The van der Waals surface area contributed by atoms with E-state index in [9.17, 15) is 0 Å². The van der Waals surface area contributed by atoms with Gasteiger partial charge in [-0.2, -0.15) is 0 Å². The van der Waals surface area contributed by atoms with Crippen LogP contribution in [-0.2, 0) is 0 Å². The van der Waals surface area contributed by atoms with Crippen molar-refractivity contribution in [3.63, 3.8) is 0 Å². The summed E-state index contributed by atoms with van der Waals surface area (Å²) in [6, 6.07) is 0. The van der Waals surface area contributed by atoms with E-state index in [1.807, 2.05) is 6.08 Å². The molecule has 0 nitrogen and oxygen atoms in total. The van der Waals surface area contributed by atoms with E-state index in [0.717, 1.165) is 0 Å². The van der Waals surface area contributed by atoms with Crippen LogP contribution in [0, 0.1) is 0 Å². The number of hydrogen-bond donors (Lipinski definition) is 0. The fourth-order valence-electron chi connectivity index (χ4n) is 1.25. The standard InChI is InChI=1S/C11H22/c1-3-5-7-9-11-10-8-6-4-2/h3H,1,4-11H2,2H3/i1+1. The number of hydrogen-bond acceptors (Lipinski definition) is 0. The molecule has 0 heteroatoms. The molecule has 11 heavy (non-hydrogen) atoms. The number of allylic oxidation sites excluding steroid dienone is 1. The van der Waals surface area contributed by atoms with Crippen LogP contribution >= 0.6 is 0 Å². The van der Waals surface area contributed by atoms with E-state index in [4.69, 9.17) is 0 Å². The molecule has 0 aliphatic rings. The molecule has 0 saturated heterocycles. The Morgan fingerprint density at radius 1 is 0.909 bits per heavy atom. The van der Waals surface area contributed by atoms with E-state index in [-0.39, 0.29) is 0 Å². The van der Waals surface area contributed by atoms with Gasteiger partial charge in [0, 0.05) is 0 Å². The first kappa shape index (κ1) is 10.7. The molecule has 0 unspecified atom stereocenters. The highest BCUT2D eigenvalue weighted by Gasteiger charge is 1.88. The lowest BCUT2D eigenvalue weighted by molar-refractivity contribution is 0.592. The van der Waals surface area contributed by atoms with E-state index in [0.29, 0.717) is 0 Å². The first-order valence-corrected chi connectivity index (χ1v) is 5.02. The van der Waals surface area contributed by atoms with Crippen LogP contribution in [0.2, 0.25) is 0 Å². The van der Waals surface area contributed by atoms with E-state index < -0.39 is 0 Å². The van der Waals surface area contributed by atoms with Crippen LogP contribution in [-0.4, -0.2) is 0 Å². The summed E-state index contributed by atoms with van der Waals surface area (Å²) in [7, 11) is 0. The van der Waals surface area contributed by atoms with Gasteiger partial charge >= 0.3 is 0 Å². The van der Waals surface area contributed by atoms with E-state index >= 15 is 0 Å². The molecule has 0 bridgehead atoms. The van der Waals surface area contributed by atoms with Gasteiger partial charge in [-0.15, -0.1) is 6.58 Å². The number of unbranched alkanes of at least 4 members (excludes halogenated alkanes) is 7. The second kappa shape index (κ2) is 9.74. The van der Waals surface area contributed by atoms with Gasteiger partial charge in [-0.25, -0.2) is 0 Å². The van der Waals surface area contributed by atoms with Crippen molar-refractivity contribution < 1.29 is 0 Å². The van der Waals surface area contributed by atoms with Gasteiger partial charge in [-0.1, -0.05) is 51.5 Å². The van der Waals surface area contributed by atoms with E-state index in [1.165, 1.54) is 51.4 Å². The van der Waals surface area contributed by atoms with Crippen LogP contribution in [0.3, 0.4) is 0 Å². The van der Waals surface area contributed by atoms with Crippen molar-refractivity contribution in [3.05, 3.63) is 12.7 Å². The average molecular weight is 155 g/mol. The topological polar surface area (TPSA) is 0 Å². The Morgan fingerprint density at radius 2 is 1.45 bits per heavy atom. The van der Waals surface area contributed by atoms with Crippen molar-refractivity contribution >= 4 is 0 Å². The Kier molecular flexibility index (Phi) is 9.51. The van der Waals surface area contributed by atoms with Gasteiger partial charge < -0.3 is 0 Å². The second-order valence-corrected chi connectivity index (χ2v) is 3.20. The minimum absolute atomic E-state index is 1.20. The molecule has 0 aromatic heterocycles. The maximum Gasteiger partial charge on any atom is -0.0353 e. The van der Waals surface area contributed by atoms with Crippen molar-refractivity contribution in [2.45, 2.75) is 58.3 Å². The third-order valence-corrected chi connectivity index (χ3v) is 2.01. The van der Waals surface area contributed by atoms with Crippen LogP contribution in [0.5, 0.6) is 0 Å². The van der Waals surface area contributed by atoms with Crippen LogP contribution in [0.25, 0.3) is 0 Å². The SMILES string of the molecule is CCCCCCCCCC=[13CH2]. The van der Waals surface area contributed by atoms with Crippen LogP contribution in [0.4, 0.5) is 0 Å². The first-order chi connectivity index (χ1) is 5.41. The molecule has 0 N–H and O–H groups in total. The molecular weight excluding hydrogens is 133 g/mol. The molecule has 0 heterocycles. The molecule has 0 spiro atoms. The smallest absolute Gasteiger partial charge is 0.0353 e. The van der Waals surface area contributed by atoms with Gasteiger partial charge in [0.25, 0.3) is 0 Å². The molecule has 0 aromatic carbocycles. The molecule has 0 aliphatic heterocycles. The Labute approximate surface area is 71.7 Å². The average Bonchev–Trinajstić information content (AvgIpc) is 2.03. The molecule has 0 radical (unpaired) electrons. The van der Waals surface area contributed by atoms with Gasteiger partial charge in [0.1, 0.15) is 0 Å². The summed E-state index contributed by atoms with van der Waals surface area (Å²) in [4.78, 5) is 0. The zero-order valence-corrected chi connectivity index (χ0v) is 7.94. The number of rotatable bonds is 8. The zero-order chi connectivity index (χ0) is 8.36. The predicted octanol–water partition coefficient (Wildman–Crippen LogP) is 4.31. The van der Waals surface area contributed by atoms with Crippen LogP contribution in [0.1, 0.15) is 58.3 Å². The Balaban J connectivity index is 2.74. The lowest BCUT2D eigenvalue weighted by Gasteiger charge is -1.98. The van der Waals surface area contributed by atoms with Gasteiger partial charge in [-0.05, 0) is 12.8 Å². The minimum Gasteiger partial charge on any atom is -0.103 e. The summed E-state index contributed by atoms with van der Waals surface area (Å²) >= 11 is 0. The first-order valence-electron chi connectivity index (χ1n) is 5.02. The molecular formula is C11H22. The van der Waals surface area contributed by atoms with Gasteiger partial charge in [0.15, 0.2) is 0 Å². The maximum absolute atomic E-state index is 3.71. The van der Waals surface area contributed by atoms with Crippen molar-refractivity contribution in [1.82, 2.24) is 0 Å². The van der Waals surface area contributed by atoms with Crippen LogP contribution < -0.4 is 0 Å². The third-order valence-electron chi connectivity index (χ3n) is 2.01. The summed E-state index contributed by atoms with van der Waals surface area (Å²) in [6.45, 7) is 5.97. The Hall–Kier alpha value is -0.260. The molecule has 0 fully saturated rings. The molecule has 0 rings (SSSR count). The zero-order valence-electron chi connectivity index (χ0n) is 7.94. The normalized spacial score (nSPS) is 9.91. The summed E-state index contributed by atoms with van der Waals surface area (Å²) in [5.41, 5.74) is 0. The monoisotopic (exact) mass is 155 g/mol. The lowest BCUT2D eigenvalue weighted by atomic mass is 10.1. The molecule has 0 saturated carbocycles. The highest BCUT2D eigenvalue weighted by atomic mass is 14.0. The summed E-state index contributed by atoms with van der Waals surface area (Å²) in [5, 5.41) is 0. The van der Waals surface area contributed by atoms with Crippen molar-refractivity contribution in [3.8, 4) is 0 Å². The van der Waals surface area contributed by atoms with Crippen molar-refractivity contribution in [1.29, 1.82) is 0 Å². The van der Waals surface area contributed by atoms with Crippen molar-refractivity contribution in [2.75, 3.05) is 0 Å². The van der Waals surface area contributed by atoms with E-state index in [1.54, 1.807) is 0 Å². The lowest BCUT2D eigenvalue weighted by Crippen LogP contribution is -1.78. The molecule has 0 aliphatic carbocycles. The molecule has 66 valence electrons. The molecule has 0 aromatic rings. The van der Waals surface area contributed by atoms with Crippen LogP contribution in [0.15, 0.2) is 12.7 Å². The highest BCUT2D eigenvalue weighted by Crippen LogP contribution is 2.07. The Morgan fingerprint density at radius 3 is 2.00 bits per heavy atom.